The summed E-state index contributed by atoms with van der Waals surface area (Å²) in [5.74, 6) is 0. The van der Waals surface area contributed by atoms with Gasteiger partial charge in [-0.25, -0.2) is 0 Å². The van der Waals surface area contributed by atoms with E-state index >= 15 is 0 Å². The van der Waals surface area contributed by atoms with E-state index in [-0.39, 0.29) is 0 Å². The lowest BCUT2D eigenvalue weighted by molar-refractivity contribution is 0.405. The highest BCUT2D eigenvalue weighted by Gasteiger charge is 1.61. The van der Waals surface area contributed by atoms with Crippen LogP contribution in [0.4, 0.5) is 0 Å². The quantitative estimate of drug-likeness (QED) is 0.407. The molecule has 0 aromatic rings. The monoisotopic (exact) mass is 139 g/mol. The Labute approximate surface area is 48.6 Å². The van der Waals surface area contributed by atoms with Gasteiger partial charge in [0.05, 0.1) is 0 Å². The first-order valence-corrected chi connectivity index (χ1v) is 3.10. The van der Waals surface area contributed by atoms with Gasteiger partial charge < -0.3 is 15.5 Å². The normalized spacial score (nSPS) is 7.50. The Hall–Kier alpha value is -0.310. The van der Waals surface area contributed by atoms with E-state index in [1.54, 1.807) is 6.92 Å². The highest BCUT2D eigenvalue weighted by atomic mass is 31.1. The van der Waals surface area contributed by atoms with E-state index in [4.69, 9.17) is 20.1 Å². The van der Waals surface area contributed by atoms with Crippen molar-refractivity contribution in [3.8, 4) is 0 Å². The third-order valence-electron chi connectivity index (χ3n) is 0. The Bertz CT molecular complexity index is 72.5. The van der Waals surface area contributed by atoms with Gasteiger partial charge in [0.25, 0.3) is 0 Å². The van der Waals surface area contributed by atoms with Gasteiger partial charge >= 0.3 is 8.25 Å². The van der Waals surface area contributed by atoms with Crippen LogP contribution < -0.4 is 5.73 Å². The maximum atomic E-state index is 8.74. The molecule has 0 heterocycles. The first kappa shape index (κ1) is 10.6. The van der Waals surface area contributed by atoms with Gasteiger partial charge in [0.1, 0.15) is 0 Å². The van der Waals surface area contributed by atoms with Crippen LogP contribution in [-0.2, 0) is 4.57 Å². The van der Waals surface area contributed by atoms with Gasteiger partial charge in [-0.15, -0.1) is 0 Å². The molecule has 0 saturated carbocycles. The zero-order chi connectivity index (χ0) is 7.15. The van der Waals surface area contributed by atoms with Crippen molar-refractivity contribution in [1.82, 2.24) is 0 Å². The highest BCUT2D eigenvalue weighted by molar-refractivity contribution is 7.30. The summed E-state index contributed by atoms with van der Waals surface area (Å²) in [5.41, 5.74) is 5.58. The smallest absolute Gasteiger partial charge is 0.314 e. The average Bonchev–Trinajstić information content (AvgIpc) is 1.25. The van der Waals surface area contributed by atoms with E-state index in [9.17, 15) is 0 Å². The van der Waals surface area contributed by atoms with Crippen LogP contribution in [0.2, 0.25) is 0 Å². The fourth-order valence-corrected chi connectivity index (χ4v) is 0. The summed E-state index contributed by atoms with van der Waals surface area (Å²) in [7, 11) is -3.13. The molecule has 0 spiro atoms. The fraction of sp³-hybridized carbons (Fsp3) is 0.333. The van der Waals surface area contributed by atoms with E-state index < -0.39 is 8.25 Å². The molecular weight excluding hydrogens is 129 g/mol. The molecule has 0 bridgehead atoms. The summed E-state index contributed by atoms with van der Waals surface area (Å²) < 4.78 is 8.74. The molecule has 0 aromatic heterocycles. The third-order valence-corrected chi connectivity index (χ3v) is 0. The van der Waals surface area contributed by atoms with Crippen LogP contribution in [0.25, 0.3) is 0 Å². The van der Waals surface area contributed by atoms with Gasteiger partial charge in [0.2, 0.25) is 0 Å². The van der Waals surface area contributed by atoms with Crippen LogP contribution in [0.15, 0.2) is 12.3 Å². The number of nitrogens with two attached hydrogens (primary N) is 1. The average molecular weight is 139 g/mol. The minimum Gasteiger partial charge on any atom is -0.403 e. The zero-order valence-corrected chi connectivity index (χ0v) is 5.59. The van der Waals surface area contributed by atoms with E-state index in [0.717, 1.165) is 0 Å². The lowest BCUT2D eigenvalue weighted by Gasteiger charge is -1.69. The Morgan fingerprint density at radius 1 is 1.75 bits per heavy atom. The van der Waals surface area contributed by atoms with Crippen LogP contribution >= 0.6 is 8.25 Å². The van der Waals surface area contributed by atoms with E-state index in [0.29, 0.717) is 5.70 Å². The minimum absolute atomic E-state index is 0.667. The number of hydrogen-bond acceptors (Lipinski definition) is 2. The largest absolute Gasteiger partial charge is 0.403 e. The SMILES string of the molecule is C=C(C)N.O=[PH](O)O. The molecule has 4 N–H and O–H groups in total. The molecular formula is C3H10NO3P. The van der Waals surface area contributed by atoms with Gasteiger partial charge in [-0.1, -0.05) is 6.58 Å². The summed E-state index contributed by atoms with van der Waals surface area (Å²) in [6.45, 7) is 5.08. The van der Waals surface area contributed by atoms with Crippen LogP contribution in [0.1, 0.15) is 6.92 Å². The molecule has 0 unspecified atom stereocenters. The van der Waals surface area contributed by atoms with E-state index in [1.165, 1.54) is 0 Å². The third kappa shape index (κ3) is 1300. The maximum Gasteiger partial charge on any atom is 0.314 e. The van der Waals surface area contributed by atoms with Gasteiger partial charge in [0.15, 0.2) is 0 Å². The van der Waals surface area contributed by atoms with Crippen molar-refractivity contribution in [3.63, 3.8) is 0 Å². The zero-order valence-electron chi connectivity index (χ0n) is 4.59. The molecule has 0 aliphatic heterocycles. The molecule has 5 heteroatoms. The van der Waals surface area contributed by atoms with Crippen LogP contribution in [0.3, 0.4) is 0 Å². The first-order chi connectivity index (χ1) is 3.46. The lowest BCUT2D eigenvalue weighted by Crippen LogP contribution is -1.83. The Morgan fingerprint density at radius 3 is 1.75 bits per heavy atom. The van der Waals surface area contributed by atoms with Gasteiger partial charge in [-0.05, 0) is 12.6 Å². The van der Waals surface area contributed by atoms with Crippen LogP contribution in [-0.4, -0.2) is 9.79 Å². The predicted molar refractivity (Wildman–Crippen MR) is 32.4 cm³/mol. The summed E-state index contributed by atoms with van der Waals surface area (Å²) in [4.78, 5) is 14.3. The lowest BCUT2D eigenvalue weighted by atomic mass is 10.6. The molecule has 50 valence electrons. The first-order valence-electron chi connectivity index (χ1n) is 1.79. The van der Waals surface area contributed by atoms with Crippen LogP contribution in [0.5, 0.6) is 0 Å². The van der Waals surface area contributed by atoms with Crippen LogP contribution in [0, 0.1) is 0 Å². The molecule has 0 aliphatic rings. The summed E-state index contributed by atoms with van der Waals surface area (Å²) in [6, 6.07) is 0. The van der Waals surface area contributed by atoms with Gasteiger partial charge in [-0.2, -0.15) is 0 Å². The Morgan fingerprint density at radius 2 is 1.75 bits per heavy atom. The number of hydrogen-bond donors (Lipinski definition) is 3. The molecule has 0 atom stereocenters. The number of allylic oxidation sites excluding steroid dienone is 1. The minimum atomic E-state index is -3.13. The Kier molecular flexibility index (Phi) is 8.89. The summed E-state index contributed by atoms with van der Waals surface area (Å²) in [5, 5.41) is 0. The second-order valence-electron chi connectivity index (χ2n) is 1.13. The number of rotatable bonds is 0. The molecule has 4 nitrogen and oxygen atoms in total. The molecule has 0 amide bonds. The fourth-order valence-electron chi connectivity index (χ4n) is 0. The topological polar surface area (TPSA) is 83.6 Å². The Balaban J connectivity index is 0. The molecule has 8 heavy (non-hydrogen) atoms. The summed E-state index contributed by atoms with van der Waals surface area (Å²) >= 11 is 0. The molecule has 0 saturated heterocycles. The van der Waals surface area contributed by atoms with Crippen molar-refractivity contribution in [2.24, 2.45) is 5.73 Å². The second-order valence-corrected chi connectivity index (χ2v) is 1.69. The predicted octanol–water partition coefficient (Wildman–Crippen LogP) is -0.161. The maximum absolute atomic E-state index is 8.74. The van der Waals surface area contributed by atoms with Crippen molar-refractivity contribution in [3.05, 3.63) is 12.3 Å². The van der Waals surface area contributed by atoms with Crippen molar-refractivity contribution in [2.45, 2.75) is 6.92 Å². The van der Waals surface area contributed by atoms with Crippen molar-refractivity contribution >= 4 is 8.25 Å². The van der Waals surface area contributed by atoms with Gasteiger partial charge in [-0.3, -0.25) is 4.57 Å². The van der Waals surface area contributed by atoms with Crippen molar-refractivity contribution in [1.29, 1.82) is 0 Å². The highest BCUT2D eigenvalue weighted by Crippen LogP contribution is 1.98. The molecule has 0 radical (unpaired) electrons. The molecule has 0 fully saturated rings. The van der Waals surface area contributed by atoms with Crippen molar-refractivity contribution in [2.75, 3.05) is 0 Å². The van der Waals surface area contributed by atoms with E-state index in [2.05, 4.69) is 6.58 Å². The molecule has 0 aromatic carbocycles. The van der Waals surface area contributed by atoms with Gasteiger partial charge in [0, 0.05) is 0 Å². The summed E-state index contributed by atoms with van der Waals surface area (Å²) in [6.07, 6.45) is 0. The molecule has 0 aliphatic carbocycles. The molecule has 0 rings (SSSR count). The standard InChI is InChI=1S/C3H7N.H3O3P/c1-3(2)4;1-4(2)3/h1,4H2,2H3;4H,(H2,1,2,3). The second kappa shape index (κ2) is 6.69. The van der Waals surface area contributed by atoms with Crippen molar-refractivity contribution < 1.29 is 14.4 Å². The van der Waals surface area contributed by atoms with E-state index in [1.807, 2.05) is 0 Å².